The van der Waals surface area contributed by atoms with E-state index in [0.29, 0.717) is 4.47 Å². The molecule has 0 saturated carbocycles. The van der Waals surface area contributed by atoms with E-state index in [9.17, 15) is 8.42 Å². The Labute approximate surface area is 121 Å². The van der Waals surface area contributed by atoms with E-state index < -0.39 is 10.0 Å². The van der Waals surface area contributed by atoms with Crippen molar-refractivity contribution in [2.45, 2.75) is 24.8 Å². The number of nitrogen functional groups attached to an aromatic ring is 1. The van der Waals surface area contributed by atoms with Crippen molar-refractivity contribution in [1.82, 2.24) is 9.71 Å². The van der Waals surface area contributed by atoms with Crippen LogP contribution in [0.4, 0.5) is 5.82 Å². The van der Waals surface area contributed by atoms with Gasteiger partial charge in [0, 0.05) is 23.8 Å². The normalized spacial score (nSPS) is 13.7. The molecule has 1 heterocycles. The van der Waals surface area contributed by atoms with Gasteiger partial charge in [0.1, 0.15) is 10.7 Å². The number of anilines is 1. The first-order chi connectivity index (χ1) is 8.77. The molecule has 1 aromatic rings. The van der Waals surface area contributed by atoms with Gasteiger partial charge in [0.05, 0.1) is 6.61 Å². The van der Waals surface area contributed by atoms with Crippen LogP contribution in [0, 0.1) is 5.92 Å². The highest BCUT2D eigenvalue weighted by atomic mass is 79.9. The summed E-state index contributed by atoms with van der Waals surface area (Å²) in [6.45, 7) is 4.11. The second-order valence-corrected chi connectivity index (χ2v) is 7.06. The molecule has 19 heavy (non-hydrogen) atoms. The second kappa shape index (κ2) is 6.65. The fourth-order valence-electron chi connectivity index (χ4n) is 1.45. The van der Waals surface area contributed by atoms with E-state index in [0.717, 1.165) is 0 Å². The standard InChI is InChI=1S/C11H18BrN3O3S/c1-7(2)9(6-18-3)15-19(16,17)10-4-8(12)5-14-11(10)13/h4-5,7,9,15H,6H2,1-3H3,(H2,13,14). The molecule has 1 atom stereocenters. The zero-order valence-electron chi connectivity index (χ0n) is 11.1. The number of pyridine rings is 1. The van der Waals surface area contributed by atoms with E-state index in [-0.39, 0.29) is 29.3 Å². The summed E-state index contributed by atoms with van der Waals surface area (Å²) in [4.78, 5) is 3.79. The molecule has 0 radical (unpaired) electrons. The Balaban J connectivity index is 3.06. The fraction of sp³-hybridized carbons (Fsp3) is 0.545. The Morgan fingerprint density at radius 2 is 2.16 bits per heavy atom. The summed E-state index contributed by atoms with van der Waals surface area (Å²) in [6, 6.07) is 1.10. The molecular weight excluding hydrogens is 334 g/mol. The molecule has 3 N–H and O–H groups in total. The van der Waals surface area contributed by atoms with Gasteiger partial charge in [0.2, 0.25) is 10.0 Å². The van der Waals surface area contributed by atoms with Crippen LogP contribution in [0.3, 0.4) is 0 Å². The molecule has 0 aromatic carbocycles. The van der Waals surface area contributed by atoms with Gasteiger partial charge in [-0.15, -0.1) is 0 Å². The molecule has 0 aliphatic heterocycles. The molecule has 0 amide bonds. The third-order valence-electron chi connectivity index (χ3n) is 2.60. The maximum Gasteiger partial charge on any atom is 0.244 e. The summed E-state index contributed by atoms with van der Waals surface area (Å²) in [5.41, 5.74) is 5.62. The minimum absolute atomic E-state index is 0.0318. The number of hydrogen-bond acceptors (Lipinski definition) is 5. The van der Waals surface area contributed by atoms with Crippen LogP contribution in [0.15, 0.2) is 21.6 Å². The number of sulfonamides is 1. The van der Waals surface area contributed by atoms with E-state index in [1.54, 1.807) is 0 Å². The first kappa shape index (κ1) is 16.4. The topological polar surface area (TPSA) is 94.3 Å². The molecule has 1 unspecified atom stereocenters. The molecule has 108 valence electrons. The minimum Gasteiger partial charge on any atom is -0.383 e. The third kappa shape index (κ3) is 4.41. The molecule has 6 nitrogen and oxygen atoms in total. The van der Waals surface area contributed by atoms with Crippen molar-refractivity contribution in [3.63, 3.8) is 0 Å². The summed E-state index contributed by atoms with van der Waals surface area (Å²) >= 11 is 3.18. The van der Waals surface area contributed by atoms with E-state index in [4.69, 9.17) is 10.5 Å². The molecule has 0 fully saturated rings. The first-order valence-electron chi connectivity index (χ1n) is 5.70. The zero-order valence-corrected chi connectivity index (χ0v) is 13.5. The van der Waals surface area contributed by atoms with Crippen molar-refractivity contribution < 1.29 is 13.2 Å². The molecule has 0 aliphatic carbocycles. The quantitative estimate of drug-likeness (QED) is 0.807. The van der Waals surface area contributed by atoms with Crippen LogP contribution in [-0.4, -0.2) is 33.2 Å². The average Bonchev–Trinajstić information content (AvgIpc) is 2.31. The smallest absolute Gasteiger partial charge is 0.244 e. The Morgan fingerprint density at radius 3 is 2.68 bits per heavy atom. The number of methoxy groups -OCH3 is 1. The molecule has 1 rings (SSSR count). The molecule has 8 heteroatoms. The number of halogens is 1. The molecular formula is C11H18BrN3O3S. The van der Waals surface area contributed by atoms with Gasteiger partial charge in [-0.05, 0) is 27.9 Å². The number of nitrogens with one attached hydrogen (secondary N) is 1. The van der Waals surface area contributed by atoms with Crippen LogP contribution in [0.2, 0.25) is 0 Å². The number of nitrogens with two attached hydrogens (primary N) is 1. The summed E-state index contributed by atoms with van der Waals surface area (Å²) in [5, 5.41) is 0. The summed E-state index contributed by atoms with van der Waals surface area (Å²) in [5.74, 6) is 0.0617. The zero-order chi connectivity index (χ0) is 14.6. The number of aromatic nitrogens is 1. The predicted molar refractivity (Wildman–Crippen MR) is 77.2 cm³/mol. The first-order valence-corrected chi connectivity index (χ1v) is 7.98. The van der Waals surface area contributed by atoms with Gasteiger partial charge in [-0.25, -0.2) is 18.1 Å². The molecule has 0 aliphatic rings. The highest BCUT2D eigenvalue weighted by molar-refractivity contribution is 9.10. The van der Waals surface area contributed by atoms with Crippen LogP contribution in [0.5, 0.6) is 0 Å². The van der Waals surface area contributed by atoms with Crippen LogP contribution in [0.25, 0.3) is 0 Å². The molecule has 0 bridgehead atoms. The van der Waals surface area contributed by atoms with Crippen LogP contribution in [0.1, 0.15) is 13.8 Å². The minimum atomic E-state index is -3.73. The molecule has 0 spiro atoms. The number of hydrogen-bond donors (Lipinski definition) is 2. The van der Waals surface area contributed by atoms with Crippen LogP contribution in [-0.2, 0) is 14.8 Å². The lowest BCUT2D eigenvalue weighted by atomic mass is 10.1. The number of rotatable bonds is 6. The lowest BCUT2D eigenvalue weighted by Gasteiger charge is -2.21. The van der Waals surface area contributed by atoms with Gasteiger partial charge >= 0.3 is 0 Å². The number of nitrogens with zero attached hydrogens (tertiary/aromatic N) is 1. The van der Waals surface area contributed by atoms with Crippen molar-refractivity contribution >= 4 is 31.8 Å². The van der Waals surface area contributed by atoms with Gasteiger partial charge in [-0.1, -0.05) is 13.8 Å². The average molecular weight is 352 g/mol. The summed E-state index contributed by atoms with van der Waals surface area (Å²) in [7, 11) is -2.20. The van der Waals surface area contributed by atoms with Gasteiger partial charge in [-0.3, -0.25) is 0 Å². The monoisotopic (exact) mass is 351 g/mol. The van der Waals surface area contributed by atoms with Crippen molar-refractivity contribution in [1.29, 1.82) is 0 Å². The fourth-order valence-corrected chi connectivity index (χ4v) is 3.41. The maximum atomic E-state index is 12.3. The van der Waals surface area contributed by atoms with Gasteiger partial charge in [-0.2, -0.15) is 0 Å². The van der Waals surface area contributed by atoms with E-state index in [2.05, 4.69) is 25.6 Å². The van der Waals surface area contributed by atoms with Gasteiger partial charge in [0.15, 0.2) is 0 Å². The van der Waals surface area contributed by atoms with E-state index in [1.807, 2.05) is 13.8 Å². The van der Waals surface area contributed by atoms with E-state index in [1.165, 1.54) is 19.4 Å². The Morgan fingerprint density at radius 1 is 1.53 bits per heavy atom. The van der Waals surface area contributed by atoms with Crippen LogP contribution < -0.4 is 10.5 Å². The maximum absolute atomic E-state index is 12.3. The van der Waals surface area contributed by atoms with Crippen molar-refractivity contribution in [3.05, 3.63) is 16.7 Å². The second-order valence-electron chi connectivity index (χ2n) is 4.46. The largest absolute Gasteiger partial charge is 0.383 e. The van der Waals surface area contributed by atoms with Gasteiger partial charge < -0.3 is 10.5 Å². The molecule has 0 saturated heterocycles. The predicted octanol–water partition coefficient (Wildman–Crippen LogP) is 1.38. The van der Waals surface area contributed by atoms with Gasteiger partial charge in [0.25, 0.3) is 0 Å². The Kier molecular flexibility index (Phi) is 5.72. The lowest BCUT2D eigenvalue weighted by Crippen LogP contribution is -2.41. The van der Waals surface area contributed by atoms with Crippen molar-refractivity contribution in [2.75, 3.05) is 19.5 Å². The lowest BCUT2D eigenvalue weighted by molar-refractivity contribution is 0.157. The summed E-state index contributed by atoms with van der Waals surface area (Å²) < 4.78 is 32.7. The van der Waals surface area contributed by atoms with Crippen molar-refractivity contribution in [2.24, 2.45) is 5.92 Å². The SMILES string of the molecule is COCC(NS(=O)(=O)c1cc(Br)cnc1N)C(C)C. The highest BCUT2D eigenvalue weighted by Crippen LogP contribution is 2.21. The van der Waals surface area contributed by atoms with Crippen LogP contribution >= 0.6 is 15.9 Å². The molecule has 1 aromatic heterocycles. The van der Waals surface area contributed by atoms with Crippen molar-refractivity contribution in [3.8, 4) is 0 Å². The number of ether oxygens (including phenoxy) is 1. The van der Waals surface area contributed by atoms with E-state index >= 15 is 0 Å². The Hall–Kier alpha value is -0.700. The third-order valence-corrected chi connectivity index (χ3v) is 4.55. The highest BCUT2D eigenvalue weighted by Gasteiger charge is 2.25. The summed E-state index contributed by atoms with van der Waals surface area (Å²) in [6.07, 6.45) is 1.45. The Bertz CT molecular complexity index is 534.